The lowest BCUT2D eigenvalue weighted by Crippen LogP contribution is -2.19. The number of hydrogen-bond donors (Lipinski definition) is 0. The van der Waals surface area contributed by atoms with E-state index in [0.29, 0.717) is 5.92 Å². The van der Waals surface area contributed by atoms with Gasteiger partial charge in [-0.3, -0.25) is 0 Å². The first-order chi connectivity index (χ1) is 5.79. The molecule has 2 aliphatic carbocycles. The van der Waals surface area contributed by atoms with Crippen molar-refractivity contribution in [1.29, 1.82) is 5.26 Å². The molecule has 0 aromatic carbocycles. The molecule has 0 N–H and O–H groups in total. The topological polar surface area (TPSA) is 23.8 Å². The van der Waals surface area contributed by atoms with E-state index in [2.05, 4.69) is 13.0 Å². The van der Waals surface area contributed by atoms with Gasteiger partial charge in [0.05, 0.1) is 11.5 Å². The van der Waals surface area contributed by atoms with Crippen molar-refractivity contribution in [3.05, 3.63) is 0 Å². The van der Waals surface area contributed by atoms with Crippen molar-refractivity contribution < 1.29 is 0 Å². The van der Waals surface area contributed by atoms with E-state index in [1.807, 2.05) is 0 Å². The van der Waals surface area contributed by atoms with Crippen LogP contribution in [-0.4, -0.2) is 0 Å². The summed E-state index contributed by atoms with van der Waals surface area (Å²) in [5.41, 5.74) is 0.125. The smallest absolute Gasteiger partial charge is 0.0695 e. The Bertz CT molecular complexity index is 210. The fourth-order valence-corrected chi connectivity index (χ4v) is 2.88. The van der Waals surface area contributed by atoms with Gasteiger partial charge < -0.3 is 0 Å². The summed E-state index contributed by atoms with van der Waals surface area (Å²) < 4.78 is 0. The number of nitrogens with zero attached hydrogens (tertiary/aromatic N) is 1. The van der Waals surface area contributed by atoms with Gasteiger partial charge in [-0.2, -0.15) is 5.26 Å². The Labute approximate surface area is 74.8 Å². The summed E-state index contributed by atoms with van der Waals surface area (Å²) in [5.74, 6) is 1.43. The summed E-state index contributed by atoms with van der Waals surface area (Å²) in [6.45, 7) is 2.23. The highest BCUT2D eigenvalue weighted by atomic mass is 14.6. The third-order valence-electron chi connectivity index (χ3n) is 3.91. The Hall–Kier alpha value is -0.510. The first-order valence-electron chi connectivity index (χ1n) is 5.21. The molecule has 12 heavy (non-hydrogen) atoms. The van der Waals surface area contributed by atoms with Crippen LogP contribution in [0.4, 0.5) is 0 Å². The lowest BCUT2D eigenvalue weighted by molar-refractivity contribution is 0.262. The molecule has 2 saturated carbocycles. The Morgan fingerprint density at radius 1 is 1.25 bits per heavy atom. The summed E-state index contributed by atoms with van der Waals surface area (Å²) in [7, 11) is 0. The van der Waals surface area contributed by atoms with Gasteiger partial charge in [0.25, 0.3) is 0 Å². The summed E-state index contributed by atoms with van der Waals surface area (Å²) in [6.07, 6.45) is 7.93. The molecular formula is C11H17N. The Kier molecular flexibility index (Phi) is 1.87. The minimum Gasteiger partial charge on any atom is -0.198 e. The standard InChI is InChI=1S/C11H17N/c1-9-7-11(9,8-12)10-5-3-2-4-6-10/h9-10H,2-7H2,1H3. The third-order valence-corrected chi connectivity index (χ3v) is 3.91. The fourth-order valence-electron chi connectivity index (χ4n) is 2.88. The second-order valence-electron chi connectivity index (χ2n) is 4.59. The quantitative estimate of drug-likeness (QED) is 0.582. The highest BCUT2D eigenvalue weighted by Crippen LogP contribution is 2.60. The van der Waals surface area contributed by atoms with Crippen LogP contribution in [0.15, 0.2) is 0 Å². The van der Waals surface area contributed by atoms with Crippen LogP contribution in [0.25, 0.3) is 0 Å². The molecule has 0 amide bonds. The predicted octanol–water partition coefficient (Wildman–Crippen LogP) is 3.12. The van der Waals surface area contributed by atoms with E-state index < -0.39 is 0 Å². The monoisotopic (exact) mass is 163 g/mol. The van der Waals surface area contributed by atoms with Gasteiger partial charge in [0, 0.05) is 0 Å². The van der Waals surface area contributed by atoms with Crippen LogP contribution in [-0.2, 0) is 0 Å². The van der Waals surface area contributed by atoms with Gasteiger partial charge in [-0.25, -0.2) is 0 Å². The average molecular weight is 163 g/mol. The molecule has 0 radical (unpaired) electrons. The summed E-state index contributed by atoms with van der Waals surface area (Å²) in [4.78, 5) is 0. The molecule has 0 aromatic heterocycles. The molecule has 0 bridgehead atoms. The maximum absolute atomic E-state index is 9.13. The van der Waals surface area contributed by atoms with Gasteiger partial charge in [0.1, 0.15) is 0 Å². The Balaban J connectivity index is 2.03. The zero-order chi connectivity index (χ0) is 8.60. The minimum atomic E-state index is 0.125. The Morgan fingerprint density at radius 3 is 2.25 bits per heavy atom. The molecule has 2 fully saturated rings. The zero-order valence-electron chi connectivity index (χ0n) is 7.84. The van der Waals surface area contributed by atoms with Crippen LogP contribution in [0.1, 0.15) is 45.4 Å². The van der Waals surface area contributed by atoms with Gasteiger partial charge >= 0.3 is 0 Å². The molecule has 2 rings (SSSR count). The van der Waals surface area contributed by atoms with E-state index in [9.17, 15) is 0 Å². The molecule has 66 valence electrons. The number of hydrogen-bond acceptors (Lipinski definition) is 1. The average Bonchev–Trinajstić information content (AvgIpc) is 2.80. The zero-order valence-corrected chi connectivity index (χ0v) is 7.84. The molecule has 0 spiro atoms. The first-order valence-corrected chi connectivity index (χ1v) is 5.21. The second-order valence-corrected chi connectivity index (χ2v) is 4.59. The van der Waals surface area contributed by atoms with Gasteiger partial charge in [-0.05, 0) is 31.1 Å². The van der Waals surface area contributed by atoms with Crippen LogP contribution < -0.4 is 0 Å². The van der Waals surface area contributed by atoms with Crippen molar-refractivity contribution in [2.75, 3.05) is 0 Å². The van der Waals surface area contributed by atoms with Crippen LogP contribution in [0.2, 0.25) is 0 Å². The number of rotatable bonds is 1. The van der Waals surface area contributed by atoms with E-state index >= 15 is 0 Å². The molecule has 2 unspecified atom stereocenters. The summed E-state index contributed by atoms with van der Waals surface area (Å²) in [6, 6.07) is 2.57. The van der Waals surface area contributed by atoms with Crippen molar-refractivity contribution in [1.82, 2.24) is 0 Å². The van der Waals surface area contributed by atoms with Crippen molar-refractivity contribution in [3.63, 3.8) is 0 Å². The van der Waals surface area contributed by atoms with Crippen LogP contribution >= 0.6 is 0 Å². The molecule has 0 saturated heterocycles. The lowest BCUT2D eigenvalue weighted by atomic mass is 9.77. The van der Waals surface area contributed by atoms with E-state index in [1.165, 1.54) is 38.5 Å². The summed E-state index contributed by atoms with van der Waals surface area (Å²) in [5, 5.41) is 9.13. The minimum absolute atomic E-state index is 0.125. The van der Waals surface area contributed by atoms with Crippen molar-refractivity contribution in [2.45, 2.75) is 45.4 Å². The molecule has 0 aliphatic heterocycles. The molecule has 1 nitrogen and oxygen atoms in total. The molecule has 2 aliphatic rings. The van der Waals surface area contributed by atoms with E-state index in [0.717, 1.165) is 5.92 Å². The van der Waals surface area contributed by atoms with Gasteiger partial charge in [0.15, 0.2) is 0 Å². The van der Waals surface area contributed by atoms with Gasteiger partial charge in [-0.15, -0.1) is 0 Å². The van der Waals surface area contributed by atoms with E-state index in [-0.39, 0.29) is 5.41 Å². The fraction of sp³-hybridized carbons (Fsp3) is 0.909. The van der Waals surface area contributed by atoms with Gasteiger partial charge in [-0.1, -0.05) is 26.2 Å². The maximum Gasteiger partial charge on any atom is 0.0695 e. The SMILES string of the molecule is CC1CC1(C#N)C1CCCCC1. The van der Waals surface area contributed by atoms with Crippen molar-refractivity contribution >= 4 is 0 Å². The predicted molar refractivity (Wildman–Crippen MR) is 48.4 cm³/mol. The highest BCUT2D eigenvalue weighted by molar-refractivity contribution is 5.17. The lowest BCUT2D eigenvalue weighted by Gasteiger charge is -2.26. The normalized spacial score (nSPS) is 42.2. The molecule has 2 atom stereocenters. The van der Waals surface area contributed by atoms with Crippen molar-refractivity contribution in [3.8, 4) is 6.07 Å². The van der Waals surface area contributed by atoms with Crippen molar-refractivity contribution in [2.24, 2.45) is 17.3 Å². The maximum atomic E-state index is 9.13. The molecule has 0 heterocycles. The van der Waals surface area contributed by atoms with E-state index in [4.69, 9.17) is 5.26 Å². The molecule has 1 heteroatoms. The van der Waals surface area contributed by atoms with Gasteiger partial charge in [0.2, 0.25) is 0 Å². The van der Waals surface area contributed by atoms with Crippen LogP contribution in [0.3, 0.4) is 0 Å². The first kappa shape index (κ1) is 8.10. The summed E-state index contributed by atoms with van der Waals surface area (Å²) >= 11 is 0. The Morgan fingerprint density at radius 2 is 1.83 bits per heavy atom. The second kappa shape index (κ2) is 2.76. The number of nitriles is 1. The molecular weight excluding hydrogens is 146 g/mol. The molecule has 0 aromatic rings. The van der Waals surface area contributed by atoms with E-state index in [1.54, 1.807) is 0 Å². The third kappa shape index (κ3) is 1.05. The highest BCUT2D eigenvalue weighted by Gasteiger charge is 2.56. The van der Waals surface area contributed by atoms with Crippen LogP contribution in [0, 0.1) is 28.6 Å². The van der Waals surface area contributed by atoms with Crippen LogP contribution in [0.5, 0.6) is 0 Å². The largest absolute Gasteiger partial charge is 0.198 e.